The number of aromatic nitrogens is 1. The number of halogens is 1. The highest BCUT2D eigenvalue weighted by Gasteiger charge is 2.43. The van der Waals surface area contributed by atoms with Gasteiger partial charge in [-0.3, -0.25) is 19.5 Å². The Kier molecular flexibility index (Phi) is 5.41. The monoisotopic (exact) mass is 425 g/mol. The van der Waals surface area contributed by atoms with E-state index in [1.807, 2.05) is 12.1 Å². The molecule has 0 aliphatic carbocycles. The van der Waals surface area contributed by atoms with Crippen molar-refractivity contribution >= 4 is 29.4 Å². The maximum absolute atomic E-state index is 13.2. The molecule has 0 bridgehead atoms. The van der Waals surface area contributed by atoms with Crippen LogP contribution in [0.1, 0.15) is 17.3 Å². The lowest BCUT2D eigenvalue weighted by Crippen LogP contribution is -2.45. The number of carbonyl (C=O) groups excluding carboxylic acids is 3. The van der Waals surface area contributed by atoms with Crippen molar-refractivity contribution < 1.29 is 14.4 Å². The lowest BCUT2D eigenvalue weighted by atomic mass is 9.96. The van der Waals surface area contributed by atoms with Crippen LogP contribution in [0.3, 0.4) is 0 Å². The van der Waals surface area contributed by atoms with Crippen molar-refractivity contribution in [1.29, 1.82) is 0 Å². The average Bonchev–Trinajstić information content (AvgIpc) is 3.07. The first-order valence-electron chi connectivity index (χ1n) is 9.43. The number of hydrogen-bond donors (Lipinski definition) is 2. The topological polar surface area (TPSA) is 94.6 Å². The van der Waals surface area contributed by atoms with Crippen molar-refractivity contribution in [3.05, 3.63) is 76.2 Å². The molecular formula is C21H20ClN5O3. The summed E-state index contributed by atoms with van der Waals surface area (Å²) < 4.78 is 0. The zero-order chi connectivity index (χ0) is 21.3. The number of urea groups is 1. The third kappa shape index (κ3) is 3.73. The molecule has 0 saturated heterocycles. The molecular weight excluding hydrogens is 406 g/mol. The molecule has 9 heteroatoms. The lowest BCUT2D eigenvalue weighted by molar-refractivity contribution is -0.132. The maximum atomic E-state index is 13.2. The maximum Gasteiger partial charge on any atom is 0.322 e. The molecule has 2 aromatic rings. The van der Waals surface area contributed by atoms with Crippen LogP contribution in [-0.4, -0.2) is 52.8 Å². The van der Waals surface area contributed by atoms with Crippen molar-refractivity contribution in [2.75, 3.05) is 20.1 Å². The minimum atomic E-state index is -0.661. The van der Waals surface area contributed by atoms with Gasteiger partial charge >= 0.3 is 6.03 Å². The molecule has 8 nitrogen and oxygen atoms in total. The van der Waals surface area contributed by atoms with Gasteiger partial charge in [-0.05, 0) is 23.8 Å². The molecule has 2 aliphatic rings. The molecule has 0 fully saturated rings. The van der Waals surface area contributed by atoms with Gasteiger partial charge in [0.1, 0.15) is 6.54 Å². The number of nitrogens with one attached hydrogen (secondary N) is 2. The van der Waals surface area contributed by atoms with Gasteiger partial charge in [-0.2, -0.15) is 0 Å². The van der Waals surface area contributed by atoms with Crippen molar-refractivity contribution in [3.8, 4) is 0 Å². The third-order valence-corrected chi connectivity index (χ3v) is 5.52. The van der Waals surface area contributed by atoms with E-state index in [9.17, 15) is 14.4 Å². The molecule has 30 heavy (non-hydrogen) atoms. The van der Waals surface area contributed by atoms with Gasteiger partial charge in [0.25, 0.3) is 5.91 Å². The summed E-state index contributed by atoms with van der Waals surface area (Å²) in [6.07, 6.45) is 1.65. The third-order valence-electron chi connectivity index (χ3n) is 5.18. The molecule has 1 aromatic heterocycles. The molecule has 1 atom stereocenters. The number of pyridine rings is 1. The largest absolute Gasteiger partial charge is 0.349 e. The molecule has 4 amide bonds. The summed E-state index contributed by atoms with van der Waals surface area (Å²) in [5.74, 6) is -0.597. The Hall–Kier alpha value is -3.39. The van der Waals surface area contributed by atoms with Crippen LogP contribution < -0.4 is 10.6 Å². The Bertz CT molecular complexity index is 1040. The Morgan fingerprint density at radius 2 is 2.00 bits per heavy atom. The molecule has 2 N–H and O–H groups in total. The minimum absolute atomic E-state index is 0.115. The average molecular weight is 426 g/mol. The number of rotatable bonds is 5. The van der Waals surface area contributed by atoms with Crippen molar-refractivity contribution in [2.24, 2.45) is 0 Å². The van der Waals surface area contributed by atoms with E-state index in [-0.39, 0.29) is 37.5 Å². The smallest absolute Gasteiger partial charge is 0.322 e. The Labute approximate surface area is 178 Å². The van der Waals surface area contributed by atoms with E-state index in [0.29, 0.717) is 21.9 Å². The number of amides is 4. The lowest BCUT2D eigenvalue weighted by Gasteiger charge is -2.31. The van der Waals surface area contributed by atoms with Gasteiger partial charge in [-0.1, -0.05) is 35.9 Å². The summed E-state index contributed by atoms with van der Waals surface area (Å²) >= 11 is 6.32. The molecule has 0 radical (unpaired) electrons. The van der Waals surface area contributed by atoms with Crippen molar-refractivity contribution in [2.45, 2.75) is 12.6 Å². The van der Waals surface area contributed by atoms with Crippen LogP contribution in [0.2, 0.25) is 5.02 Å². The highest BCUT2D eigenvalue weighted by atomic mass is 35.5. The van der Waals surface area contributed by atoms with Crippen LogP contribution in [0, 0.1) is 0 Å². The van der Waals surface area contributed by atoms with E-state index in [4.69, 9.17) is 11.6 Å². The van der Waals surface area contributed by atoms with E-state index >= 15 is 0 Å². The molecule has 0 saturated carbocycles. The van der Waals surface area contributed by atoms with Crippen LogP contribution >= 0.6 is 11.6 Å². The molecule has 3 heterocycles. The summed E-state index contributed by atoms with van der Waals surface area (Å²) in [5.41, 5.74) is 2.38. The number of carbonyl (C=O) groups is 3. The summed E-state index contributed by atoms with van der Waals surface area (Å²) in [5, 5.41) is 6.06. The van der Waals surface area contributed by atoms with Crippen LogP contribution in [0.5, 0.6) is 0 Å². The van der Waals surface area contributed by atoms with Gasteiger partial charge in [0, 0.05) is 18.3 Å². The zero-order valence-corrected chi connectivity index (χ0v) is 17.0. The standard InChI is InChI=1S/C21H20ClN5O3/c1-26-16-11-27(12-17(28)24-10-13-6-4-5-9-23-13)20(29)18(16)19(25-21(26)30)14-7-2-3-8-15(14)22/h2-9,19H,10-12H2,1H3,(H,24,28)(H,25,30)/t19-/m0/s1. The second-order valence-corrected chi connectivity index (χ2v) is 7.49. The normalized spacial score (nSPS) is 18.4. The van der Waals surface area contributed by atoms with Gasteiger partial charge in [0.05, 0.1) is 36.1 Å². The molecule has 4 rings (SSSR count). The Morgan fingerprint density at radius 1 is 1.23 bits per heavy atom. The number of benzene rings is 1. The zero-order valence-electron chi connectivity index (χ0n) is 16.3. The van der Waals surface area contributed by atoms with Crippen LogP contribution in [0.15, 0.2) is 59.9 Å². The number of nitrogens with zero attached hydrogens (tertiary/aromatic N) is 3. The van der Waals surface area contributed by atoms with Crippen LogP contribution in [0.25, 0.3) is 0 Å². The van der Waals surface area contributed by atoms with E-state index in [1.54, 1.807) is 43.6 Å². The SMILES string of the molecule is CN1C(=O)N[C@@H](c2ccccc2Cl)C2=C1CN(CC(=O)NCc1ccccn1)C2=O. The van der Waals surface area contributed by atoms with E-state index in [0.717, 1.165) is 5.69 Å². The minimum Gasteiger partial charge on any atom is -0.349 e. The molecule has 0 unspecified atom stereocenters. The van der Waals surface area contributed by atoms with E-state index < -0.39 is 6.04 Å². The quantitative estimate of drug-likeness (QED) is 0.764. The van der Waals surface area contributed by atoms with Gasteiger partial charge in [-0.15, -0.1) is 0 Å². The molecule has 1 aromatic carbocycles. The molecule has 0 spiro atoms. The first-order valence-corrected chi connectivity index (χ1v) is 9.81. The van der Waals surface area contributed by atoms with Crippen LogP contribution in [-0.2, 0) is 16.1 Å². The predicted octanol–water partition coefficient (Wildman–Crippen LogP) is 1.84. The first-order chi connectivity index (χ1) is 14.5. The van der Waals surface area contributed by atoms with Gasteiger partial charge in [0.15, 0.2) is 0 Å². The second kappa shape index (κ2) is 8.16. The summed E-state index contributed by atoms with van der Waals surface area (Å²) in [7, 11) is 1.60. The fourth-order valence-electron chi connectivity index (χ4n) is 3.61. The van der Waals surface area contributed by atoms with E-state index in [2.05, 4.69) is 15.6 Å². The molecule has 154 valence electrons. The Balaban J connectivity index is 1.51. The summed E-state index contributed by atoms with van der Waals surface area (Å²) in [6.45, 7) is 0.336. The van der Waals surface area contributed by atoms with Crippen molar-refractivity contribution in [3.63, 3.8) is 0 Å². The Morgan fingerprint density at radius 3 is 2.73 bits per heavy atom. The molecule has 2 aliphatic heterocycles. The van der Waals surface area contributed by atoms with Crippen molar-refractivity contribution in [1.82, 2.24) is 25.4 Å². The number of likely N-dealkylation sites (N-methyl/N-ethyl adjacent to an activating group) is 1. The van der Waals surface area contributed by atoms with Gasteiger partial charge in [-0.25, -0.2) is 4.79 Å². The first kappa shape index (κ1) is 19.9. The van der Waals surface area contributed by atoms with Gasteiger partial charge < -0.3 is 15.5 Å². The van der Waals surface area contributed by atoms with E-state index in [1.165, 1.54) is 9.80 Å². The highest BCUT2D eigenvalue weighted by molar-refractivity contribution is 6.31. The second-order valence-electron chi connectivity index (χ2n) is 7.08. The fourth-order valence-corrected chi connectivity index (χ4v) is 3.86. The number of hydrogen-bond acceptors (Lipinski definition) is 4. The highest BCUT2D eigenvalue weighted by Crippen LogP contribution is 2.37. The summed E-state index contributed by atoms with van der Waals surface area (Å²) in [6, 6.07) is 11.5. The van der Waals surface area contributed by atoms with Crippen LogP contribution in [0.4, 0.5) is 4.79 Å². The summed E-state index contributed by atoms with van der Waals surface area (Å²) in [4.78, 5) is 45.0. The van der Waals surface area contributed by atoms with Gasteiger partial charge in [0.2, 0.25) is 5.91 Å². The fraction of sp³-hybridized carbons (Fsp3) is 0.238. The predicted molar refractivity (Wildman–Crippen MR) is 110 cm³/mol.